The molecule has 0 bridgehead atoms. The van der Waals surface area contributed by atoms with Crippen LogP contribution in [0, 0.1) is 12.7 Å². The van der Waals surface area contributed by atoms with Gasteiger partial charge in [-0.2, -0.15) is 0 Å². The van der Waals surface area contributed by atoms with Crippen LogP contribution in [0.3, 0.4) is 0 Å². The molecule has 0 unspecified atom stereocenters. The fourth-order valence-electron chi connectivity index (χ4n) is 2.23. The fraction of sp³-hybridized carbons (Fsp3) is 0.0625. The maximum atomic E-state index is 14.0. The van der Waals surface area contributed by atoms with E-state index in [0.717, 1.165) is 5.56 Å². The highest BCUT2D eigenvalue weighted by Gasteiger charge is 2.15. The molecule has 4 heteroatoms. The summed E-state index contributed by atoms with van der Waals surface area (Å²) >= 11 is 12.6. The van der Waals surface area contributed by atoms with Crippen molar-refractivity contribution in [2.75, 3.05) is 0 Å². The normalized spacial score (nSPS) is 11.0. The van der Waals surface area contributed by atoms with E-state index < -0.39 is 0 Å². The number of fused-ring (bicyclic) bond motifs is 1. The largest absolute Gasteiger partial charge is 0.247 e. The second-order valence-corrected chi connectivity index (χ2v) is 5.30. The lowest BCUT2D eigenvalue weighted by atomic mass is 10.0. The molecule has 0 aliphatic rings. The van der Waals surface area contributed by atoms with Crippen LogP contribution in [-0.4, -0.2) is 4.98 Å². The summed E-state index contributed by atoms with van der Waals surface area (Å²) < 4.78 is 14.0. The molecular formula is C16H10Cl2FN. The Morgan fingerprint density at radius 3 is 2.50 bits per heavy atom. The zero-order valence-corrected chi connectivity index (χ0v) is 12.1. The summed E-state index contributed by atoms with van der Waals surface area (Å²) in [6.07, 6.45) is 0. The minimum Gasteiger partial charge on any atom is -0.247 e. The molecular weight excluding hydrogens is 296 g/mol. The second-order valence-electron chi connectivity index (χ2n) is 4.51. The maximum absolute atomic E-state index is 14.0. The first-order valence-corrected chi connectivity index (χ1v) is 6.84. The van der Waals surface area contributed by atoms with Crippen LogP contribution >= 0.6 is 23.2 Å². The highest BCUT2D eigenvalue weighted by Crippen LogP contribution is 2.36. The van der Waals surface area contributed by atoms with E-state index in [2.05, 4.69) is 4.98 Å². The maximum Gasteiger partial charge on any atom is 0.132 e. The van der Waals surface area contributed by atoms with Gasteiger partial charge in [0.2, 0.25) is 0 Å². The van der Waals surface area contributed by atoms with Crippen LogP contribution in [0.15, 0.2) is 42.5 Å². The molecule has 1 aromatic heterocycles. The Hall–Kier alpha value is -1.64. The van der Waals surface area contributed by atoms with Gasteiger partial charge in [-0.1, -0.05) is 41.4 Å². The van der Waals surface area contributed by atoms with Crippen molar-refractivity contribution in [3.05, 3.63) is 63.9 Å². The molecule has 0 aliphatic carbocycles. The molecule has 100 valence electrons. The van der Waals surface area contributed by atoms with E-state index in [0.29, 0.717) is 32.2 Å². The van der Waals surface area contributed by atoms with Crippen molar-refractivity contribution in [1.82, 2.24) is 4.98 Å². The van der Waals surface area contributed by atoms with Crippen LogP contribution in [0.25, 0.3) is 22.2 Å². The Morgan fingerprint density at radius 1 is 1.00 bits per heavy atom. The summed E-state index contributed by atoms with van der Waals surface area (Å²) in [4.78, 5) is 4.52. The lowest BCUT2D eigenvalue weighted by Gasteiger charge is -2.12. The van der Waals surface area contributed by atoms with Crippen molar-refractivity contribution in [3.8, 4) is 11.3 Å². The number of pyridine rings is 1. The van der Waals surface area contributed by atoms with E-state index >= 15 is 0 Å². The predicted molar refractivity (Wildman–Crippen MR) is 81.9 cm³/mol. The van der Waals surface area contributed by atoms with Crippen molar-refractivity contribution in [2.45, 2.75) is 6.92 Å². The van der Waals surface area contributed by atoms with E-state index in [4.69, 9.17) is 23.2 Å². The highest BCUT2D eigenvalue weighted by molar-refractivity contribution is 6.42. The average Bonchev–Trinajstić information content (AvgIpc) is 2.43. The third-order valence-corrected chi connectivity index (χ3v) is 4.04. The van der Waals surface area contributed by atoms with Crippen LogP contribution < -0.4 is 0 Å². The molecule has 1 heterocycles. The summed E-state index contributed by atoms with van der Waals surface area (Å²) in [7, 11) is 0. The van der Waals surface area contributed by atoms with Crippen LogP contribution in [0.2, 0.25) is 10.0 Å². The molecule has 1 nitrogen and oxygen atoms in total. The van der Waals surface area contributed by atoms with Gasteiger partial charge in [0.15, 0.2) is 0 Å². The third kappa shape index (κ3) is 2.05. The molecule has 0 aliphatic heterocycles. The van der Waals surface area contributed by atoms with Crippen molar-refractivity contribution in [2.24, 2.45) is 0 Å². The van der Waals surface area contributed by atoms with Gasteiger partial charge >= 0.3 is 0 Å². The van der Waals surface area contributed by atoms with Gasteiger partial charge in [-0.15, -0.1) is 0 Å². The van der Waals surface area contributed by atoms with Gasteiger partial charge in [-0.05, 0) is 36.8 Å². The van der Waals surface area contributed by atoms with Gasteiger partial charge in [0.1, 0.15) is 5.82 Å². The third-order valence-electron chi connectivity index (χ3n) is 3.26. The summed E-state index contributed by atoms with van der Waals surface area (Å²) in [6, 6.07) is 11.9. The predicted octanol–water partition coefficient (Wildman–Crippen LogP) is 5.66. The van der Waals surface area contributed by atoms with Crippen LogP contribution in [0.5, 0.6) is 0 Å². The average molecular weight is 306 g/mol. The number of benzene rings is 2. The van der Waals surface area contributed by atoms with Crippen LogP contribution in [-0.2, 0) is 0 Å². The standard InChI is InChI=1S/C16H10Cl2FN/c1-9-15(18)14-11(17)6-4-8-13(14)20-16(9)10-5-2-3-7-12(10)19/h2-8H,1H3. The molecule has 2 aromatic carbocycles. The topological polar surface area (TPSA) is 12.9 Å². The molecule has 0 radical (unpaired) electrons. The first kappa shape index (κ1) is 13.3. The van der Waals surface area contributed by atoms with Gasteiger partial charge in [0.25, 0.3) is 0 Å². The number of hydrogen-bond acceptors (Lipinski definition) is 1. The quantitative estimate of drug-likeness (QED) is 0.565. The van der Waals surface area contributed by atoms with Crippen LogP contribution in [0.4, 0.5) is 4.39 Å². The molecule has 0 saturated heterocycles. The Kier molecular flexibility index (Phi) is 3.36. The summed E-state index contributed by atoms with van der Waals surface area (Å²) in [5.74, 6) is -0.319. The fourth-order valence-corrected chi connectivity index (χ4v) is 2.83. The van der Waals surface area contributed by atoms with Crippen molar-refractivity contribution >= 4 is 34.1 Å². The van der Waals surface area contributed by atoms with Gasteiger partial charge in [-0.3, -0.25) is 0 Å². The highest BCUT2D eigenvalue weighted by atomic mass is 35.5. The van der Waals surface area contributed by atoms with Crippen molar-refractivity contribution in [3.63, 3.8) is 0 Å². The molecule has 20 heavy (non-hydrogen) atoms. The van der Waals surface area contributed by atoms with E-state index in [1.807, 2.05) is 13.0 Å². The van der Waals surface area contributed by atoms with E-state index in [1.165, 1.54) is 6.07 Å². The van der Waals surface area contributed by atoms with Crippen molar-refractivity contribution < 1.29 is 4.39 Å². The molecule has 0 saturated carbocycles. The Balaban J connectivity index is 2.39. The number of halogens is 3. The van der Waals surface area contributed by atoms with Crippen LogP contribution in [0.1, 0.15) is 5.56 Å². The number of nitrogens with zero attached hydrogens (tertiary/aromatic N) is 1. The molecule has 0 amide bonds. The summed E-state index contributed by atoms with van der Waals surface area (Å²) in [5, 5.41) is 1.76. The first-order valence-electron chi connectivity index (χ1n) is 6.09. The first-order chi connectivity index (χ1) is 9.59. The van der Waals surface area contributed by atoms with E-state index in [9.17, 15) is 4.39 Å². The molecule has 0 spiro atoms. The molecule has 0 N–H and O–H groups in total. The van der Waals surface area contributed by atoms with E-state index in [-0.39, 0.29) is 5.82 Å². The molecule has 3 rings (SSSR count). The van der Waals surface area contributed by atoms with Gasteiger partial charge in [-0.25, -0.2) is 9.37 Å². The summed E-state index contributed by atoms with van der Waals surface area (Å²) in [5.41, 5.74) is 2.36. The lowest BCUT2D eigenvalue weighted by Crippen LogP contribution is -1.94. The Bertz CT molecular complexity index is 815. The Labute approximate surface area is 126 Å². The molecule has 3 aromatic rings. The number of rotatable bonds is 1. The molecule has 0 atom stereocenters. The minimum absolute atomic E-state index is 0.319. The Morgan fingerprint density at radius 2 is 1.75 bits per heavy atom. The molecule has 0 fully saturated rings. The summed E-state index contributed by atoms with van der Waals surface area (Å²) in [6.45, 7) is 1.82. The number of hydrogen-bond donors (Lipinski definition) is 0. The van der Waals surface area contributed by atoms with Gasteiger partial charge < -0.3 is 0 Å². The smallest absolute Gasteiger partial charge is 0.132 e. The SMILES string of the molecule is Cc1c(-c2ccccc2F)nc2cccc(Cl)c2c1Cl. The second kappa shape index (κ2) is 5.04. The number of aromatic nitrogens is 1. The van der Waals surface area contributed by atoms with Crippen molar-refractivity contribution in [1.29, 1.82) is 0 Å². The van der Waals surface area contributed by atoms with Gasteiger partial charge in [0, 0.05) is 10.9 Å². The zero-order chi connectivity index (χ0) is 14.3. The monoisotopic (exact) mass is 305 g/mol. The minimum atomic E-state index is -0.319. The van der Waals surface area contributed by atoms with E-state index in [1.54, 1.807) is 30.3 Å². The zero-order valence-electron chi connectivity index (χ0n) is 10.6. The van der Waals surface area contributed by atoms with Gasteiger partial charge in [0.05, 0.1) is 21.3 Å². The lowest BCUT2D eigenvalue weighted by molar-refractivity contribution is 0.630.